The van der Waals surface area contributed by atoms with Gasteiger partial charge in [-0.2, -0.15) is 0 Å². The smallest absolute Gasteiger partial charge is 0.141 e. The number of nitrogens with zero attached hydrogens (tertiary/aromatic N) is 1. The Morgan fingerprint density at radius 1 is 1.42 bits per heavy atom. The van der Waals surface area contributed by atoms with E-state index in [0.717, 1.165) is 31.1 Å². The molecule has 3 rings (SSSR count). The highest BCUT2D eigenvalue weighted by molar-refractivity contribution is 6.30. The zero-order chi connectivity index (χ0) is 13.4. The molecule has 0 spiro atoms. The minimum atomic E-state index is -0.337. The first-order chi connectivity index (χ1) is 9.15. The fourth-order valence-electron chi connectivity index (χ4n) is 3.41. The fraction of sp³-hybridized carbons (Fsp3) is 0.600. The van der Waals surface area contributed by atoms with Gasteiger partial charge in [0.1, 0.15) is 5.82 Å². The number of rotatable bonds is 2. The third-order valence-corrected chi connectivity index (χ3v) is 4.95. The molecule has 0 amide bonds. The number of benzene rings is 1. The molecule has 104 valence electrons. The Morgan fingerprint density at radius 3 is 3.05 bits per heavy atom. The molecule has 0 bridgehead atoms. The molecule has 0 aliphatic carbocycles. The van der Waals surface area contributed by atoms with E-state index in [4.69, 9.17) is 11.6 Å². The number of hydrogen-bond donors (Lipinski definition) is 1. The summed E-state index contributed by atoms with van der Waals surface area (Å²) in [5.74, 6) is 0.434. The molecule has 2 saturated heterocycles. The van der Waals surface area contributed by atoms with Gasteiger partial charge in [0.25, 0.3) is 0 Å². The van der Waals surface area contributed by atoms with E-state index in [2.05, 4.69) is 17.1 Å². The van der Waals surface area contributed by atoms with Crippen LogP contribution in [0.25, 0.3) is 0 Å². The Hall–Kier alpha value is -0.640. The molecule has 1 aromatic rings. The van der Waals surface area contributed by atoms with Crippen LogP contribution in [0.3, 0.4) is 0 Å². The van der Waals surface area contributed by atoms with Crippen molar-refractivity contribution in [2.45, 2.75) is 31.8 Å². The Morgan fingerprint density at radius 2 is 2.26 bits per heavy atom. The van der Waals surface area contributed by atoms with Crippen LogP contribution in [0.1, 0.15) is 31.4 Å². The van der Waals surface area contributed by atoms with Crippen LogP contribution >= 0.6 is 11.6 Å². The van der Waals surface area contributed by atoms with Gasteiger partial charge in [0.15, 0.2) is 0 Å². The van der Waals surface area contributed by atoms with Gasteiger partial charge in [-0.15, -0.1) is 0 Å². The summed E-state index contributed by atoms with van der Waals surface area (Å²) in [6.45, 7) is 5.57. The monoisotopic (exact) mass is 282 g/mol. The van der Waals surface area contributed by atoms with Crippen molar-refractivity contribution in [1.82, 2.24) is 10.2 Å². The second-order valence-corrected chi connectivity index (χ2v) is 6.15. The van der Waals surface area contributed by atoms with E-state index < -0.39 is 0 Å². The second kappa shape index (κ2) is 5.39. The molecule has 4 heteroatoms. The van der Waals surface area contributed by atoms with Crippen LogP contribution in [0, 0.1) is 11.7 Å². The lowest BCUT2D eigenvalue weighted by Gasteiger charge is -2.38. The zero-order valence-electron chi connectivity index (χ0n) is 11.2. The molecule has 1 N–H and O–H groups in total. The Balaban J connectivity index is 1.72. The first-order valence-electron chi connectivity index (χ1n) is 7.07. The maximum atomic E-state index is 13.2. The van der Waals surface area contributed by atoms with E-state index >= 15 is 0 Å². The Bertz CT molecular complexity index is 465. The van der Waals surface area contributed by atoms with E-state index in [1.54, 1.807) is 6.07 Å². The summed E-state index contributed by atoms with van der Waals surface area (Å²) in [5.41, 5.74) is 1.11. The molecule has 0 radical (unpaired) electrons. The van der Waals surface area contributed by atoms with Gasteiger partial charge in [-0.25, -0.2) is 4.39 Å². The van der Waals surface area contributed by atoms with Gasteiger partial charge in [-0.05, 0) is 49.9 Å². The van der Waals surface area contributed by atoms with Crippen LogP contribution in [0.5, 0.6) is 0 Å². The predicted octanol–water partition coefficient (Wildman–Crippen LogP) is 3.22. The standard InChI is InChI=1S/C15H20ClFN2/c1-10(11-2-3-14(17)13(16)8-11)19-7-5-15-12(9-19)4-6-18-15/h2-3,8,10,12,15,18H,4-7,9H2,1H3. The maximum absolute atomic E-state index is 13.2. The highest BCUT2D eigenvalue weighted by atomic mass is 35.5. The van der Waals surface area contributed by atoms with Crippen LogP contribution in [-0.4, -0.2) is 30.6 Å². The fourth-order valence-corrected chi connectivity index (χ4v) is 3.60. The highest BCUT2D eigenvalue weighted by Gasteiger charge is 2.34. The largest absolute Gasteiger partial charge is 0.314 e. The lowest BCUT2D eigenvalue weighted by Crippen LogP contribution is -2.45. The minimum Gasteiger partial charge on any atom is -0.314 e. The van der Waals surface area contributed by atoms with Gasteiger partial charge in [0.2, 0.25) is 0 Å². The summed E-state index contributed by atoms with van der Waals surface area (Å²) in [5, 5.41) is 3.80. The molecule has 2 aliphatic rings. The van der Waals surface area contributed by atoms with E-state index in [1.165, 1.54) is 18.9 Å². The summed E-state index contributed by atoms with van der Waals surface area (Å²) < 4.78 is 13.2. The van der Waals surface area contributed by atoms with Gasteiger partial charge in [0.05, 0.1) is 5.02 Å². The zero-order valence-corrected chi connectivity index (χ0v) is 12.0. The normalized spacial score (nSPS) is 29.2. The van der Waals surface area contributed by atoms with E-state index in [9.17, 15) is 4.39 Å². The molecular weight excluding hydrogens is 263 g/mol. The summed E-state index contributed by atoms with van der Waals surface area (Å²) in [6, 6.07) is 6.10. The van der Waals surface area contributed by atoms with Crippen LogP contribution in [0.2, 0.25) is 5.02 Å². The number of nitrogens with one attached hydrogen (secondary N) is 1. The van der Waals surface area contributed by atoms with Crippen molar-refractivity contribution in [1.29, 1.82) is 0 Å². The van der Waals surface area contributed by atoms with E-state index in [-0.39, 0.29) is 10.8 Å². The third kappa shape index (κ3) is 2.64. The lowest BCUT2D eigenvalue weighted by atomic mass is 9.91. The molecule has 2 nitrogen and oxygen atoms in total. The first kappa shape index (κ1) is 13.3. The molecular formula is C15H20ClFN2. The van der Waals surface area contributed by atoms with Crippen molar-refractivity contribution in [2.75, 3.05) is 19.6 Å². The molecule has 0 saturated carbocycles. The quantitative estimate of drug-likeness (QED) is 0.896. The summed E-state index contributed by atoms with van der Waals surface area (Å²) in [4.78, 5) is 2.50. The van der Waals surface area contributed by atoms with E-state index in [0.29, 0.717) is 12.1 Å². The molecule has 3 unspecified atom stereocenters. The first-order valence-corrected chi connectivity index (χ1v) is 7.45. The number of piperidine rings is 1. The topological polar surface area (TPSA) is 15.3 Å². The second-order valence-electron chi connectivity index (χ2n) is 5.74. The average Bonchev–Trinajstić information content (AvgIpc) is 2.88. The average molecular weight is 283 g/mol. The highest BCUT2D eigenvalue weighted by Crippen LogP contribution is 2.31. The van der Waals surface area contributed by atoms with Crippen LogP contribution in [-0.2, 0) is 0 Å². The van der Waals surface area contributed by atoms with Gasteiger partial charge in [-0.1, -0.05) is 17.7 Å². The van der Waals surface area contributed by atoms with Crippen LogP contribution < -0.4 is 5.32 Å². The molecule has 19 heavy (non-hydrogen) atoms. The summed E-state index contributed by atoms with van der Waals surface area (Å²) in [7, 11) is 0. The molecule has 2 aliphatic heterocycles. The molecule has 2 heterocycles. The number of hydrogen-bond acceptors (Lipinski definition) is 2. The van der Waals surface area contributed by atoms with Crippen molar-refractivity contribution in [3.8, 4) is 0 Å². The van der Waals surface area contributed by atoms with Crippen LogP contribution in [0.4, 0.5) is 4.39 Å². The summed E-state index contributed by atoms with van der Waals surface area (Å²) >= 11 is 5.88. The van der Waals surface area contributed by atoms with Crippen LogP contribution in [0.15, 0.2) is 18.2 Å². The van der Waals surface area contributed by atoms with Gasteiger partial charge in [0, 0.05) is 25.2 Å². The Kier molecular flexibility index (Phi) is 3.79. The van der Waals surface area contributed by atoms with Gasteiger partial charge in [-0.3, -0.25) is 4.90 Å². The molecule has 1 aromatic carbocycles. The molecule has 2 fully saturated rings. The number of likely N-dealkylation sites (tertiary alicyclic amines) is 1. The minimum absolute atomic E-state index is 0.224. The number of halogens is 2. The third-order valence-electron chi connectivity index (χ3n) is 4.66. The Labute approximate surface area is 118 Å². The van der Waals surface area contributed by atoms with Crippen molar-refractivity contribution in [3.05, 3.63) is 34.6 Å². The maximum Gasteiger partial charge on any atom is 0.141 e. The van der Waals surface area contributed by atoms with Crippen molar-refractivity contribution < 1.29 is 4.39 Å². The number of fused-ring (bicyclic) bond motifs is 1. The lowest BCUT2D eigenvalue weighted by molar-refractivity contribution is 0.122. The predicted molar refractivity (Wildman–Crippen MR) is 75.9 cm³/mol. The van der Waals surface area contributed by atoms with E-state index in [1.807, 2.05) is 6.07 Å². The van der Waals surface area contributed by atoms with Crippen molar-refractivity contribution in [3.63, 3.8) is 0 Å². The van der Waals surface area contributed by atoms with Gasteiger partial charge >= 0.3 is 0 Å². The molecule has 3 atom stereocenters. The SMILES string of the molecule is CC(c1ccc(F)c(Cl)c1)N1CCC2NCCC2C1. The van der Waals surface area contributed by atoms with Crippen molar-refractivity contribution in [2.24, 2.45) is 5.92 Å². The molecule has 0 aromatic heterocycles. The van der Waals surface area contributed by atoms with Crippen molar-refractivity contribution >= 4 is 11.6 Å². The van der Waals surface area contributed by atoms with Gasteiger partial charge < -0.3 is 5.32 Å². The summed E-state index contributed by atoms with van der Waals surface area (Å²) in [6.07, 6.45) is 2.49.